The molecule has 0 aliphatic carbocycles. The number of carbonyl (C=O) groups is 1. The molecule has 0 spiro atoms. The average molecular weight is 515 g/mol. The maximum absolute atomic E-state index is 12.8. The van der Waals surface area contributed by atoms with Crippen LogP contribution in [0.3, 0.4) is 0 Å². The zero-order chi connectivity index (χ0) is 25.4. The van der Waals surface area contributed by atoms with Gasteiger partial charge in [0.25, 0.3) is 5.91 Å². The second kappa shape index (κ2) is 12.1. The fourth-order valence-corrected chi connectivity index (χ4v) is 4.87. The Morgan fingerprint density at radius 3 is 2.09 bits per heavy atom. The minimum atomic E-state index is -3.52. The summed E-state index contributed by atoms with van der Waals surface area (Å²) in [6.45, 7) is 4.91. The molecule has 0 aliphatic rings. The van der Waals surface area contributed by atoms with Crippen LogP contribution in [0.2, 0.25) is 5.02 Å². The van der Waals surface area contributed by atoms with Gasteiger partial charge in [-0.1, -0.05) is 55.8 Å². The van der Waals surface area contributed by atoms with E-state index in [1.807, 2.05) is 32.0 Å². The number of rotatable bonds is 11. The second-order valence-electron chi connectivity index (χ2n) is 8.16. The molecule has 0 saturated carbocycles. The molecule has 35 heavy (non-hydrogen) atoms. The Morgan fingerprint density at radius 1 is 0.943 bits per heavy atom. The van der Waals surface area contributed by atoms with Crippen LogP contribution >= 0.6 is 11.6 Å². The number of halogens is 1. The molecular weight excluding hydrogens is 484 g/mol. The first-order chi connectivity index (χ1) is 16.7. The number of benzene rings is 3. The number of anilines is 1. The van der Waals surface area contributed by atoms with Gasteiger partial charge in [-0.05, 0) is 65.9 Å². The van der Waals surface area contributed by atoms with Gasteiger partial charge in [-0.25, -0.2) is 8.42 Å². The summed E-state index contributed by atoms with van der Waals surface area (Å²) >= 11 is 5.86. The van der Waals surface area contributed by atoms with Gasteiger partial charge < -0.3 is 10.1 Å². The lowest BCUT2D eigenvalue weighted by molar-refractivity contribution is 0.0947. The van der Waals surface area contributed by atoms with Crippen LogP contribution in [0.4, 0.5) is 5.69 Å². The lowest BCUT2D eigenvalue weighted by atomic mass is 10.0. The molecule has 0 bridgehead atoms. The largest absolute Gasteiger partial charge is 0.492 e. The molecule has 0 atom stereocenters. The monoisotopic (exact) mass is 514 g/mol. The van der Waals surface area contributed by atoms with E-state index in [4.69, 9.17) is 16.3 Å². The van der Waals surface area contributed by atoms with E-state index in [1.54, 1.807) is 48.5 Å². The van der Waals surface area contributed by atoms with Crippen LogP contribution in [0.1, 0.15) is 40.9 Å². The fourth-order valence-electron chi connectivity index (χ4n) is 3.79. The number of aryl methyl sites for hydroxylation is 2. The Morgan fingerprint density at radius 2 is 1.54 bits per heavy atom. The van der Waals surface area contributed by atoms with Crippen molar-refractivity contribution in [3.63, 3.8) is 0 Å². The van der Waals surface area contributed by atoms with Crippen molar-refractivity contribution in [2.45, 2.75) is 33.2 Å². The summed E-state index contributed by atoms with van der Waals surface area (Å²) in [6, 6.07) is 19.9. The molecule has 186 valence electrons. The van der Waals surface area contributed by atoms with E-state index in [-0.39, 0.29) is 12.5 Å². The highest BCUT2D eigenvalue weighted by Crippen LogP contribution is 2.30. The molecule has 0 unspecified atom stereocenters. The summed E-state index contributed by atoms with van der Waals surface area (Å²) in [5.74, 6) is 0.458. The van der Waals surface area contributed by atoms with E-state index in [0.29, 0.717) is 29.5 Å². The highest BCUT2D eigenvalue weighted by atomic mass is 35.5. The van der Waals surface area contributed by atoms with Gasteiger partial charge in [0.1, 0.15) is 12.4 Å². The normalized spacial score (nSPS) is 11.2. The zero-order valence-corrected chi connectivity index (χ0v) is 21.8. The number of nitrogens with one attached hydrogen (secondary N) is 1. The van der Waals surface area contributed by atoms with Crippen molar-refractivity contribution >= 4 is 33.2 Å². The highest BCUT2D eigenvalue weighted by molar-refractivity contribution is 7.92. The number of nitrogens with zero attached hydrogens (tertiary/aromatic N) is 1. The summed E-state index contributed by atoms with van der Waals surface area (Å²) < 4.78 is 32.6. The maximum atomic E-state index is 12.8. The van der Waals surface area contributed by atoms with Crippen LogP contribution in [0.5, 0.6) is 5.75 Å². The molecule has 0 aromatic heterocycles. The molecule has 3 rings (SSSR count). The van der Waals surface area contributed by atoms with Crippen molar-refractivity contribution in [3.05, 3.63) is 94.0 Å². The van der Waals surface area contributed by atoms with Gasteiger partial charge in [0, 0.05) is 10.6 Å². The molecule has 3 aromatic rings. The first kappa shape index (κ1) is 26.6. The minimum Gasteiger partial charge on any atom is -0.492 e. The second-order valence-corrected chi connectivity index (χ2v) is 10.5. The molecule has 1 N–H and O–H groups in total. The fraction of sp³-hybridized carbons (Fsp3) is 0.296. The van der Waals surface area contributed by atoms with Crippen molar-refractivity contribution in [2.24, 2.45) is 0 Å². The van der Waals surface area contributed by atoms with E-state index in [1.165, 1.54) is 10.6 Å². The first-order valence-corrected chi connectivity index (χ1v) is 13.8. The third-order valence-electron chi connectivity index (χ3n) is 5.63. The first-order valence-electron chi connectivity index (χ1n) is 11.6. The molecule has 0 radical (unpaired) electrons. The number of para-hydroxylation sites is 1. The summed E-state index contributed by atoms with van der Waals surface area (Å²) in [5, 5.41) is 3.46. The standard InChI is InChI=1S/C27H31ClN2O4S/c1-4-21-7-6-8-22(5-2)26(21)30(35(3,32)33)19-20-9-11-23(12-10-20)27(31)29-17-18-34-25-15-13-24(28)14-16-25/h6-16H,4-5,17-19H2,1-3H3,(H,29,31). The lowest BCUT2D eigenvalue weighted by Crippen LogP contribution is -2.31. The SMILES string of the molecule is CCc1cccc(CC)c1N(Cc1ccc(C(=O)NCCOc2ccc(Cl)cc2)cc1)S(C)(=O)=O. The lowest BCUT2D eigenvalue weighted by Gasteiger charge is -2.27. The van der Waals surface area contributed by atoms with Crippen LogP contribution in [0.15, 0.2) is 66.7 Å². The molecule has 3 aromatic carbocycles. The van der Waals surface area contributed by atoms with Gasteiger partial charge in [0.2, 0.25) is 10.0 Å². The van der Waals surface area contributed by atoms with E-state index in [0.717, 1.165) is 35.2 Å². The van der Waals surface area contributed by atoms with E-state index < -0.39 is 10.0 Å². The summed E-state index contributed by atoms with van der Waals surface area (Å²) in [7, 11) is -3.52. The van der Waals surface area contributed by atoms with Crippen LogP contribution in [-0.4, -0.2) is 33.7 Å². The highest BCUT2D eigenvalue weighted by Gasteiger charge is 2.23. The number of hydrogen-bond donors (Lipinski definition) is 1. The average Bonchev–Trinajstić information content (AvgIpc) is 2.85. The predicted molar refractivity (Wildman–Crippen MR) is 142 cm³/mol. The number of hydrogen-bond acceptors (Lipinski definition) is 4. The molecule has 0 aliphatic heterocycles. The predicted octanol–water partition coefficient (Wildman–Crippen LogP) is 5.24. The molecule has 1 amide bonds. The van der Waals surface area contributed by atoms with Gasteiger partial charge in [-0.2, -0.15) is 0 Å². The van der Waals surface area contributed by atoms with E-state index in [9.17, 15) is 13.2 Å². The smallest absolute Gasteiger partial charge is 0.251 e. The topological polar surface area (TPSA) is 75.7 Å². The number of ether oxygens (including phenoxy) is 1. The van der Waals surface area contributed by atoms with E-state index in [2.05, 4.69) is 5.32 Å². The van der Waals surface area contributed by atoms with Crippen molar-refractivity contribution in [2.75, 3.05) is 23.7 Å². The Labute approximate surface area is 212 Å². The number of carbonyl (C=O) groups excluding carboxylic acids is 1. The Bertz CT molecular complexity index is 1220. The maximum Gasteiger partial charge on any atom is 0.251 e. The van der Waals surface area contributed by atoms with Gasteiger partial charge >= 0.3 is 0 Å². The number of amides is 1. The Balaban J connectivity index is 1.66. The van der Waals surface area contributed by atoms with Crippen molar-refractivity contribution in [3.8, 4) is 5.75 Å². The Kier molecular flexibility index (Phi) is 9.18. The molecule has 8 heteroatoms. The van der Waals surface area contributed by atoms with Gasteiger partial charge in [-0.3, -0.25) is 9.10 Å². The van der Waals surface area contributed by atoms with Crippen molar-refractivity contribution in [1.29, 1.82) is 0 Å². The van der Waals surface area contributed by atoms with E-state index >= 15 is 0 Å². The van der Waals surface area contributed by atoms with Crippen LogP contribution in [0.25, 0.3) is 0 Å². The van der Waals surface area contributed by atoms with Gasteiger partial charge in [0.15, 0.2) is 0 Å². The number of sulfonamides is 1. The molecule has 6 nitrogen and oxygen atoms in total. The summed E-state index contributed by atoms with van der Waals surface area (Å²) in [6.07, 6.45) is 2.69. The third-order valence-corrected chi connectivity index (χ3v) is 6.99. The van der Waals surface area contributed by atoms with Crippen LogP contribution < -0.4 is 14.4 Å². The summed E-state index contributed by atoms with van der Waals surface area (Å²) in [4.78, 5) is 12.5. The quantitative estimate of drug-likeness (QED) is 0.355. The van der Waals surface area contributed by atoms with Crippen LogP contribution in [0, 0.1) is 0 Å². The molecular formula is C27H31ClN2O4S. The van der Waals surface area contributed by atoms with Crippen LogP contribution in [-0.2, 0) is 29.4 Å². The zero-order valence-electron chi connectivity index (χ0n) is 20.3. The third kappa shape index (κ3) is 7.23. The Hall–Kier alpha value is -3.03. The van der Waals surface area contributed by atoms with Crippen molar-refractivity contribution in [1.82, 2.24) is 5.32 Å². The van der Waals surface area contributed by atoms with Gasteiger partial charge in [0.05, 0.1) is 25.0 Å². The summed E-state index contributed by atoms with van der Waals surface area (Å²) in [5.41, 5.74) is 4.03. The molecule has 0 fully saturated rings. The molecule has 0 heterocycles. The molecule has 0 saturated heterocycles. The van der Waals surface area contributed by atoms with Crippen molar-refractivity contribution < 1.29 is 17.9 Å². The minimum absolute atomic E-state index is 0.194. The van der Waals surface area contributed by atoms with Gasteiger partial charge in [-0.15, -0.1) is 0 Å².